The van der Waals surface area contributed by atoms with Crippen molar-refractivity contribution < 1.29 is 8.78 Å². The van der Waals surface area contributed by atoms with Crippen molar-refractivity contribution in [3.8, 4) is 0 Å². The van der Waals surface area contributed by atoms with Gasteiger partial charge in [-0.2, -0.15) is 5.10 Å². The van der Waals surface area contributed by atoms with Gasteiger partial charge in [0.2, 0.25) is 0 Å². The van der Waals surface area contributed by atoms with Crippen molar-refractivity contribution in [3.63, 3.8) is 0 Å². The lowest BCUT2D eigenvalue weighted by Crippen LogP contribution is -2.44. The van der Waals surface area contributed by atoms with E-state index in [2.05, 4.69) is 27.4 Å². The molecule has 0 amide bonds. The Bertz CT molecular complexity index is 751. The first-order chi connectivity index (χ1) is 12.0. The summed E-state index contributed by atoms with van der Waals surface area (Å²) in [5, 5.41) is 4.24. The summed E-state index contributed by atoms with van der Waals surface area (Å²) in [5.74, 6) is -0.536. The molecule has 1 fully saturated rings. The van der Waals surface area contributed by atoms with Gasteiger partial charge in [0.25, 0.3) is 0 Å². The van der Waals surface area contributed by atoms with Crippen molar-refractivity contribution >= 4 is 17.1 Å². The smallest absolute Gasteiger partial charge is 0.147 e. The van der Waals surface area contributed by atoms with Gasteiger partial charge in [0.1, 0.15) is 11.6 Å². The number of hydrogen-bond donors (Lipinski definition) is 1. The van der Waals surface area contributed by atoms with Crippen LogP contribution in [0.15, 0.2) is 47.6 Å². The van der Waals surface area contributed by atoms with Crippen LogP contribution in [0.5, 0.6) is 0 Å². The molecule has 2 aromatic carbocycles. The maximum absolute atomic E-state index is 14.5. The van der Waals surface area contributed by atoms with Gasteiger partial charge in [-0.05, 0) is 50.4 Å². The third kappa shape index (κ3) is 4.33. The highest BCUT2D eigenvalue weighted by Crippen LogP contribution is 2.22. The fourth-order valence-corrected chi connectivity index (χ4v) is 2.77. The van der Waals surface area contributed by atoms with Crippen LogP contribution in [0.1, 0.15) is 12.5 Å². The molecule has 0 spiro atoms. The Balaban J connectivity index is 1.70. The highest BCUT2D eigenvalue weighted by Gasteiger charge is 2.17. The number of benzene rings is 2. The lowest BCUT2D eigenvalue weighted by Gasteiger charge is -2.34. The third-order valence-corrected chi connectivity index (χ3v) is 4.41. The van der Waals surface area contributed by atoms with E-state index in [-0.39, 0.29) is 11.6 Å². The molecule has 0 atom stereocenters. The maximum atomic E-state index is 14.5. The first kappa shape index (κ1) is 17.4. The second-order valence-corrected chi connectivity index (χ2v) is 6.27. The molecule has 1 saturated heterocycles. The summed E-state index contributed by atoms with van der Waals surface area (Å²) in [7, 11) is 2.07. The molecule has 0 radical (unpaired) electrons. The van der Waals surface area contributed by atoms with Gasteiger partial charge < -0.3 is 9.80 Å². The molecule has 132 valence electrons. The van der Waals surface area contributed by atoms with Crippen LogP contribution in [-0.2, 0) is 0 Å². The number of hydrogen-bond acceptors (Lipinski definition) is 4. The number of anilines is 2. The number of halogens is 2. The Morgan fingerprint density at radius 2 is 1.68 bits per heavy atom. The highest BCUT2D eigenvalue weighted by atomic mass is 19.1. The second kappa shape index (κ2) is 7.61. The minimum absolute atomic E-state index is 0.238. The monoisotopic (exact) mass is 344 g/mol. The summed E-state index contributed by atoms with van der Waals surface area (Å²) in [6.45, 7) is 5.32. The molecule has 0 aromatic heterocycles. The van der Waals surface area contributed by atoms with Crippen molar-refractivity contribution in [1.29, 1.82) is 0 Å². The fraction of sp³-hybridized carbons (Fsp3) is 0.316. The maximum Gasteiger partial charge on any atom is 0.147 e. The van der Waals surface area contributed by atoms with Gasteiger partial charge >= 0.3 is 0 Å². The molecule has 0 saturated carbocycles. The van der Waals surface area contributed by atoms with Crippen LogP contribution in [0, 0.1) is 11.6 Å². The van der Waals surface area contributed by atoms with Gasteiger partial charge in [0.15, 0.2) is 0 Å². The summed E-state index contributed by atoms with van der Waals surface area (Å²) in [4.78, 5) is 4.31. The average Bonchev–Trinajstić information content (AvgIpc) is 2.62. The standard InChI is InChI=1S/C19H22F2N4/c1-14(22-23-17-6-4-16(20)5-7-17)15-3-8-19(18(21)13-15)25-11-9-24(2)10-12-25/h3-8,13,23H,9-12H2,1-2H3/b22-14+. The predicted molar refractivity (Wildman–Crippen MR) is 98.3 cm³/mol. The van der Waals surface area contributed by atoms with Crippen LogP contribution in [0.4, 0.5) is 20.2 Å². The number of hydrazone groups is 1. The molecule has 1 aliphatic rings. The quantitative estimate of drug-likeness (QED) is 0.680. The van der Waals surface area contributed by atoms with Gasteiger partial charge in [-0.3, -0.25) is 5.43 Å². The first-order valence-corrected chi connectivity index (χ1v) is 8.32. The van der Waals surface area contributed by atoms with E-state index < -0.39 is 0 Å². The van der Waals surface area contributed by atoms with Crippen LogP contribution in [0.2, 0.25) is 0 Å². The molecule has 6 heteroatoms. The minimum Gasteiger partial charge on any atom is -0.367 e. The van der Waals surface area contributed by atoms with E-state index in [1.165, 1.54) is 18.2 Å². The molecule has 25 heavy (non-hydrogen) atoms. The van der Waals surface area contributed by atoms with Crippen molar-refractivity contribution in [2.24, 2.45) is 5.10 Å². The molecule has 0 bridgehead atoms. The van der Waals surface area contributed by atoms with Crippen LogP contribution < -0.4 is 10.3 Å². The first-order valence-electron chi connectivity index (χ1n) is 8.32. The Morgan fingerprint density at radius 3 is 2.32 bits per heavy atom. The van der Waals surface area contributed by atoms with E-state index in [1.54, 1.807) is 19.1 Å². The average molecular weight is 344 g/mol. The Kier molecular flexibility index (Phi) is 5.28. The summed E-state index contributed by atoms with van der Waals surface area (Å²) >= 11 is 0. The zero-order valence-electron chi connectivity index (χ0n) is 14.5. The summed E-state index contributed by atoms with van der Waals surface area (Å²) in [6, 6.07) is 11.1. The molecule has 1 heterocycles. The van der Waals surface area contributed by atoms with Gasteiger partial charge in [-0.15, -0.1) is 0 Å². The minimum atomic E-state index is -0.298. The van der Waals surface area contributed by atoms with Crippen molar-refractivity contribution in [3.05, 3.63) is 59.7 Å². The highest BCUT2D eigenvalue weighted by molar-refractivity contribution is 5.99. The van der Waals surface area contributed by atoms with Crippen molar-refractivity contribution in [2.45, 2.75) is 6.92 Å². The fourth-order valence-electron chi connectivity index (χ4n) is 2.77. The molecule has 0 unspecified atom stereocenters. The van der Waals surface area contributed by atoms with Crippen molar-refractivity contribution in [1.82, 2.24) is 4.90 Å². The molecule has 4 nitrogen and oxygen atoms in total. The van der Waals surface area contributed by atoms with E-state index in [4.69, 9.17) is 0 Å². The number of likely N-dealkylation sites (N-methyl/N-ethyl adjacent to an activating group) is 1. The zero-order valence-corrected chi connectivity index (χ0v) is 14.5. The van der Waals surface area contributed by atoms with Gasteiger partial charge in [0, 0.05) is 31.7 Å². The molecule has 2 aromatic rings. The van der Waals surface area contributed by atoms with E-state index in [0.717, 1.165) is 26.2 Å². The Labute approximate surface area is 146 Å². The topological polar surface area (TPSA) is 30.9 Å². The van der Waals surface area contributed by atoms with E-state index in [0.29, 0.717) is 22.6 Å². The molecule has 1 N–H and O–H groups in total. The van der Waals surface area contributed by atoms with Gasteiger partial charge in [0.05, 0.1) is 17.1 Å². The molecular formula is C19H22F2N4. The molecule has 1 aliphatic heterocycles. The van der Waals surface area contributed by atoms with Crippen LogP contribution >= 0.6 is 0 Å². The summed E-state index contributed by atoms with van der Waals surface area (Å²) < 4.78 is 27.4. The zero-order chi connectivity index (χ0) is 17.8. The van der Waals surface area contributed by atoms with E-state index in [1.807, 2.05) is 12.1 Å². The normalized spacial score (nSPS) is 16.2. The summed E-state index contributed by atoms with van der Waals surface area (Å²) in [5.41, 5.74) is 5.54. The Hall–Kier alpha value is -2.47. The summed E-state index contributed by atoms with van der Waals surface area (Å²) in [6.07, 6.45) is 0. The van der Waals surface area contributed by atoms with Crippen molar-refractivity contribution in [2.75, 3.05) is 43.6 Å². The van der Waals surface area contributed by atoms with E-state index >= 15 is 0 Å². The molecule has 0 aliphatic carbocycles. The van der Waals surface area contributed by atoms with Gasteiger partial charge in [-0.25, -0.2) is 8.78 Å². The third-order valence-electron chi connectivity index (χ3n) is 4.41. The number of rotatable bonds is 4. The number of nitrogens with zero attached hydrogens (tertiary/aromatic N) is 3. The molecule has 3 rings (SSSR count). The van der Waals surface area contributed by atoms with Crippen LogP contribution in [-0.4, -0.2) is 43.8 Å². The second-order valence-electron chi connectivity index (χ2n) is 6.27. The largest absolute Gasteiger partial charge is 0.367 e. The van der Waals surface area contributed by atoms with E-state index in [9.17, 15) is 8.78 Å². The lowest BCUT2D eigenvalue weighted by atomic mass is 10.1. The number of nitrogens with one attached hydrogen (secondary N) is 1. The number of piperazine rings is 1. The van der Waals surface area contributed by atoms with Gasteiger partial charge in [-0.1, -0.05) is 6.07 Å². The molecular weight excluding hydrogens is 322 g/mol. The Morgan fingerprint density at radius 1 is 1.00 bits per heavy atom. The van der Waals surface area contributed by atoms with Crippen LogP contribution in [0.3, 0.4) is 0 Å². The van der Waals surface area contributed by atoms with Crippen LogP contribution in [0.25, 0.3) is 0 Å². The predicted octanol–water partition coefficient (Wildman–Crippen LogP) is 3.55. The SMILES string of the molecule is C/C(=N\Nc1ccc(F)cc1)c1ccc(N2CCN(C)CC2)c(F)c1. The lowest BCUT2D eigenvalue weighted by molar-refractivity contribution is 0.311.